The summed E-state index contributed by atoms with van der Waals surface area (Å²) in [7, 11) is -4.10. The number of benzene rings is 3. The zero-order valence-corrected chi connectivity index (χ0v) is 17.4. The van der Waals surface area contributed by atoms with Gasteiger partial charge in [-0.25, -0.2) is 17.2 Å². The van der Waals surface area contributed by atoms with Gasteiger partial charge in [0.2, 0.25) is 5.91 Å². The minimum Gasteiger partial charge on any atom is -0.486 e. The summed E-state index contributed by atoms with van der Waals surface area (Å²) in [4.78, 5) is 11.9. The third kappa shape index (κ3) is 4.97. The normalized spacial score (nSPS) is 12.8. The van der Waals surface area contributed by atoms with E-state index in [2.05, 4.69) is 10.0 Å². The average Bonchev–Trinajstić information content (AvgIpc) is 2.76. The fraction of sp³-hybridized carbons (Fsp3) is 0.136. The smallest absolute Gasteiger partial charge is 0.261 e. The van der Waals surface area contributed by atoms with Gasteiger partial charge in [0, 0.05) is 11.4 Å². The Morgan fingerprint density at radius 2 is 1.53 bits per heavy atom. The van der Waals surface area contributed by atoms with Crippen molar-refractivity contribution in [3.63, 3.8) is 0 Å². The van der Waals surface area contributed by atoms with E-state index in [0.29, 0.717) is 36.5 Å². The number of hydrogen-bond acceptors (Lipinski definition) is 5. The second-order valence-electron chi connectivity index (χ2n) is 6.96. The van der Waals surface area contributed by atoms with Crippen LogP contribution in [0, 0.1) is 11.6 Å². The molecule has 1 aliphatic heterocycles. The first-order chi connectivity index (χ1) is 15.3. The quantitative estimate of drug-likeness (QED) is 0.585. The Hall–Kier alpha value is -3.66. The van der Waals surface area contributed by atoms with Gasteiger partial charge in [-0.3, -0.25) is 9.52 Å². The molecule has 0 spiro atoms. The first kappa shape index (κ1) is 21.6. The van der Waals surface area contributed by atoms with Crippen LogP contribution >= 0.6 is 0 Å². The topological polar surface area (TPSA) is 93.7 Å². The molecule has 4 rings (SSSR count). The van der Waals surface area contributed by atoms with E-state index in [1.54, 1.807) is 18.2 Å². The maximum absolute atomic E-state index is 13.3. The Morgan fingerprint density at radius 3 is 2.25 bits per heavy atom. The summed E-state index contributed by atoms with van der Waals surface area (Å²) in [5.41, 5.74) is 1.41. The SMILES string of the molecule is O=C(Cc1ccc2c(c1)OCCO2)Nc1ccc(NS(=O)(=O)c2ccc(F)c(F)c2)cc1. The molecule has 3 aromatic rings. The molecule has 32 heavy (non-hydrogen) atoms. The molecule has 10 heteroatoms. The van der Waals surface area contributed by atoms with E-state index in [0.717, 1.165) is 17.7 Å². The molecule has 0 fully saturated rings. The lowest BCUT2D eigenvalue weighted by Gasteiger charge is -2.18. The Balaban J connectivity index is 1.38. The van der Waals surface area contributed by atoms with E-state index >= 15 is 0 Å². The number of rotatable bonds is 6. The van der Waals surface area contributed by atoms with Gasteiger partial charge in [-0.1, -0.05) is 6.07 Å². The molecule has 0 saturated heterocycles. The fourth-order valence-electron chi connectivity index (χ4n) is 3.07. The number of carbonyl (C=O) groups is 1. The minimum atomic E-state index is -4.10. The monoisotopic (exact) mass is 460 g/mol. The molecule has 2 N–H and O–H groups in total. The molecule has 0 unspecified atom stereocenters. The Bertz CT molecular complexity index is 1260. The van der Waals surface area contributed by atoms with E-state index in [1.807, 2.05) is 0 Å². The second-order valence-corrected chi connectivity index (χ2v) is 8.64. The predicted molar refractivity (Wildman–Crippen MR) is 113 cm³/mol. The summed E-state index contributed by atoms with van der Waals surface area (Å²) >= 11 is 0. The number of halogens is 2. The Kier molecular flexibility index (Phi) is 5.95. The van der Waals surface area contributed by atoms with Crippen LogP contribution in [-0.2, 0) is 21.2 Å². The van der Waals surface area contributed by atoms with Crippen molar-refractivity contribution in [1.29, 1.82) is 0 Å². The Labute approximate surface area is 183 Å². The van der Waals surface area contributed by atoms with Gasteiger partial charge in [-0.2, -0.15) is 0 Å². The van der Waals surface area contributed by atoms with Crippen molar-refractivity contribution in [2.24, 2.45) is 0 Å². The summed E-state index contributed by atoms with van der Waals surface area (Å²) < 4.78 is 64.3. The van der Waals surface area contributed by atoms with E-state index in [9.17, 15) is 22.0 Å². The summed E-state index contributed by atoms with van der Waals surface area (Å²) in [5.74, 6) is -1.43. The number of nitrogens with one attached hydrogen (secondary N) is 2. The fourth-order valence-corrected chi connectivity index (χ4v) is 4.14. The van der Waals surface area contributed by atoms with Crippen LogP contribution in [0.25, 0.3) is 0 Å². The van der Waals surface area contributed by atoms with Crippen LogP contribution in [0.1, 0.15) is 5.56 Å². The van der Waals surface area contributed by atoms with Gasteiger partial charge in [0.15, 0.2) is 23.1 Å². The second kappa shape index (κ2) is 8.83. The number of carbonyl (C=O) groups excluding carboxylic acids is 1. The highest BCUT2D eigenvalue weighted by Gasteiger charge is 2.17. The van der Waals surface area contributed by atoms with E-state index < -0.39 is 26.6 Å². The van der Waals surface area contributed by atoms with Crippen molar-refractivity contribution in [1.82, 2.24) is 0 Å². The van der Waals surface area contributed by atoms with Gasteiger partial charge in [-0.05, 0) is 60.2 Å². The summed E-state index contributed by atoms with van der Waals surface area (Å²) in [6, 6.07) is 13.5. The first-order valence-electron chi connectivity index (χ1n) is 9.56. The molecule has 1 aliphatic rings. The predicted octanol–water partition coefficient (Wildman–Crippen LogP) is 3.72. The van der Waals surface area contributed by atoms with Gasteiger partial charge < -0.3 is 14.8 Å². The summed E-state index contributed by atoms with van der Waals surface area (Å²) in [6.07, 6.45) is 0.112. The third-order valence-corrected chi connectivity index (χ3v) is 5.97. The molecule has 0 atom stereocenters. The lowest BCUT2D eigenvalue weighted by atomic mass is 10.1. The zero-order valence-electron chi connectivity index (χ0n) is 16.6. The van der Waals surface area contributed by atoms with Gasteiger partial charge >= 0.3 is 0 Å². The van der Waals surface area contributed by atoms with E-state index in [1.165, 1.54) is 24.3 Å². The number of fused-ring (bicyclic) bond motifs is 1. The van der Waals surface area contributed by atoms with Crippen LogP contribution in [0.3, 0.4) is 0 Å². The highest BCUT2D eigenvalue weighted by Crippen LogP contribution is 2.31. The van der Waals surface area contributed by atoms with Gasteiger partial charge in [0.1, 0.15) is 13.2 Å². The van der Waals surface area contributed by atoms with Crippen molar-refractivity contribution in [2.45, 2.75) is 11.3 Å². The lowest BCUT2D eigenvalue weighted by Crippen LogP contribution is -2.17. The van der Waals surface area contributed by atoms with Crippen molar-refractivity contribution < 1.29 is 31.5 Å². The van der Waals surface area contributed by atoms with E-state index in [4.69, 9.17) is 9.47 Å². The zero-order chi connectivity index (χ0) is 22.7. The summed E-state index contributed by atoms with van der Waals surface area (Å²) in [5, 5.41) is 2.73. The first-order valence-corrected chi connectivity index (χ1v) is 11.0. The molecule has 3 aromatic carbocycles. The minimum absolute atomic E-state index is 0.112. The van der Waals surface area contributed by atoms with Crippen LogP contribution in [0.4, 0.5) is 20.2 Å². The maximum Gasteiger partial charge on any atom is 0.261 e. The number of amides is 1. The molecule has 0 bridgehead atoms. The van der Waals surface area contributed by atoms with Crippen molar-refractivity contribution >= 4 is 27.3 Å². The van der Waals surface area contributed by atoms with Crippen molar-refractivity contribution in [2.75, 3.05) is 23.3 Å². The van der Waals surface area contributed by atoms with Crippen molar-refractivity contribution in [3.05, 3.63) is 77.9 Å². The van der Waals surface area contributed by atoms with Crippen LogP contribution in [0.15, 0.2) is 65.6 Å². The molecule has 0 aliphatic carbocycles. The van der Waals surface area contributed by atoms with Gasteiger partial charge in [0.25, 0.3) is 10.0 Å². The Morgan fingerprint density at radius 1 is 0.844 bits per heavy atom. The number of hydrogen-bond donors (Lipinski definition) is 2. The van der Waals surface area contributed by atoms with Crippen molar-refractivity contribution in [3.8, 4) is 11.5 Å². The number of ether oxygens (including phenoxy) is 2. The summed E-state index contributed by atoms with van der Waals surface area (Å²) in [6.45, 7) is 0.939. The number of anilines is 2. The standard InChI is InChI=1S/C22H18F2N2O5S/c23-18-7-6-17(13-19(18)24)32(28,29)26-16-4-2-15(3-5-16)25-22(27)12-14-1-8-20-21(11-14)31-10-9-30-20/h1-8,11,13,26H,9-10,12H2,(H,25,27). The molecular formula is C22H18F2N2O5S. The number of sulfonamides is 1. The molecule has 7 nitrogen and oxygen atoms in total. The molecular weight excluding hydrogens is 442 g/mol. The highest BCUT2D eigenvalue weighted by molar-refractivity contribution is 7.92. The van der Waals surface area contributed by atoms with Crippen LogP contribution in [0.5, 0.6) is 11.5 Å². The molecule has 0 radical (unpaired) electrons. The molecule has 1 amide bonds. The van der Waals surface area contributed by atoms with Crippen LogP contribution < -0.4 is 19.5 Å². The van der Waals surface area contributed by atoms with Gasteiger partial charge in [0.05, 0.1) is 11.3 Å². The highest BCUT2D eigenvalue weighted by atomic mass is 32.2. The molecule has 166 valence electrons. The largest absolute Gasteiger partial charge is 0.486 e. The average molecular weight is 460 g/mol. The molecule has 0 aromatic heterocycles. The third-order valence-electron chi connectivity index (χ3n) is 4.59. The molecule has 0 saturated carbocycles. The lowest BCUT2D eigenvalue weighted by molar-refractivity contribution is -0.115. The van der Waals surface area contributed by atoms with Crippen LogP contribution in [-0.4, -0.2) is 27.5 Å². The van der Waals surface area contributed by atoms with Gasteiger partial charge in [-0.15, -0.1) is 0 Å². The van der Waals surface area contributed by atoms with Crippen LogP contribution in [0.2, 0.25) is 0 Å². The molecule has 1 heterocycles. The maximum atomic E-state index is 13.3. The van der Waals surface area contributed by atoms with E-state index in [-0.39, 0.29) is 18.0 Å².